The van der Waals surface area contributed by atoms with Crippen LogP contribution < -0.4 is 0 Å². The summed E-state index contributed by atoms with van der Waals surface area (Å²) in [5.74, 6) is 0. The normalized spacial score (nSPS) is 11.4. The van der Waals surface area contributed by atoms with Gasteiger partial charge in [0.05, 0.1) is 5.52 Å². The Morgan fingerprint density at radius 3 is 2.53 bits per heavy atom. The lowest BCUT2D eigenvalue weighted by atomic mass is 10.0. The summed E-state index contributed by atoms with van der Waals surface area (Å²) in [4.78, 5) is 0. The molecule has 0 spiro atoms. The molecule has 2 nitrogen and oxygen atoms in total. The fourth-order valence-electron chi connectivity index (χ4n) is 2.77. The highest BCUT2D eigenvalue weighted by molar-refractivity contribution is 5.88. The third-order valence-electron chi connectivity index (χ3n) is 3.63. The highest BCUT2D eigenvalue weighted by Crippen LogP contribution is 2.29. The number of nitrogens with zero attached hydrogens (tertiary/aromatic N) is 1. The largest absolute Gasteiger partial charge is 0.396 e. The van der Waals surface area contributed by atoms with Gasteiger partial charge in [0.15, 0.2) is 0 Å². The Morgan fingerprint density at radius 2 is 1.88 bits per heavy atom. The second-order valence-corrected chi connectivity index (χ2v) is 4.93. The van der Waals surface area contributed by atoms with Crippen molar-refractivity contribution >= 4 is 10.9 Å². The minimum Gasteiger partial charge on any atom is -0.396 e. The molecule has 2 heteroatoms. The van der Waals surface area contributed by atoms with Crippen molar-refractivity contribution in [2.45, 2.75) is 33.6 Å². The van der Waals surface area contributed by atoms with Crippen LogP contribution in [0.1, 0.15) is 28.8 Å². The third-order valence-corrected chi connectivity index (χ3v) is 3.63. The highest BCUT2D eigenvalue weighted by atomic mass is 16.2. The van der Waals surface area contributed by atoms with Gasteiger partial charge in [-0.25, -0.2) is 0 Å². The molecule has 0 unspecified atom stereocenters. The second-order valence-electron chi connectivity index (χ2n) is 4.93. The van der Waals surface area contributed by atoms with E-state index in [2.05, 4.69) is 44.5 Å². The molecule has 0 aliphatic heterocycles. The zero-order valence-electron chi connectivity index (χ0n) is 11.2. The number of fused-ring (bicyclic) bond motifs is 1. The number of benzene rings is 1. The minimum absolute atomic E-state index is 0.265. The molecule has 0 fully saturated rings. The molecule has 92 valence electrons. The minimum atomic E-state index is 0.265. The predicted molar refractivity (Wildman–Crippen MR) is 72.5 cm³/mol. The lowest BCUT2D eigenvalue weighted by Crippen LogP contribution is -1.94. The lowest BCUT2D eigenvalue weighted by molar-refractivity contribution is 0.288. The van der Waals surface area contributed by atoms with E-state index in [1.165, 1.54) is 33.3 Å². The first kappa shape index (κ1) is 12.2. The smallest absolute Gasteiger partial charge is 0.0512 e. The van der Waals surface area contributed by atoms with Gasteiger partial charge in [-0.1, -0.05) is 11.6 Å². The van der Waals surface area contributed by atoms with E-state index in [1.807, 2.05) is 0 Å². The number of aliphatic hydroxyl groups excluding tert-OH is 1. The van der Waals surface area contributed by atoms with Gasteiger partial charge in [-0.2, -0.15) is 0 Å². The summed E-state index contributed by atoms with van der Waals surface area (Å²) in [6, 6.07) is 4.50. The van der Waals surface area contributed by atoms with Gasteiger partial charge < -0.3 is 9.67 Å². The average Bonchev–Trinajstić information content (AvgIpc) is 2.49. The first-order valence-corrected chi connectivity index (χ1v) is 6.22. The Morgan fingerprint density at radius 1 is 1.18 bits per heavy atom. The molecule has 1 aromatic carbocycles. The van der Waals surface area contributed by atoms with Crippen LogP contribution in [0.3, 0.4) is 0 Å². The molecule has 0 atom stereocenters. The molecular weight excluding hydrogens is 210 g/mol. The number of rotatable bonds is 3. The quantitative estimate of drug-likeness (QED) is 0.863. The Hall–Kier alpha value is -1.28. The first-order valence-electron chi connectivity index (χ1n) is 6.22. The molecular formula is C15H21NO. The van der Waals surface area contributed by atoms with Gasteiger partial charge >= 0.3 is 0 Å². The van der Waals surface area contributed by atoms with Crippen molar-refractivity contribution in [3.63, 3.8) is 0 Å². The van der Waals surface area contributed by atoms with Crippen LogP contribution in [0.15, 0.2) is 12.1 Å². The van der Waals surface area contributed by atoms with Crippen LogP contribution >= 0.6 is 0 Å². The van der Waals surface area contributed by atoms with Crippen LogP contribution in [0.2, 0.25) is 0 Å². The van der Waals surface area contributed by atoms with Crippen LogP contribution in [-0.2, 0) is 13.5 Å². The SMILES string of the molecule is Cc1cc(C)c2c(c1)c(CCCO)c(C)n2C. The van der Waals surface area contributed by atoms with Gasteiger partial charge in [0.2, 0.25) is 0 Å². The number of aliphatic hydroxyl groups is 1. The molecule has 17 heavy (non-hydrogen) atoms. The monoisotopic (exact) mass is 231 g/mol. The Labute approximate surface area is 103 Å². The van der Waals surface area contributed by atoms with Gasteiger partial charge in [0.25, 0.3) is 0 Å². The molecule has 0 bridgehead atoms. The maximum atomic E-state index is 9.00. The fraction of sp³-hybridized carbons (Fsp3) is 0.467. The maximum absolute atomic E-state index is 9.00. The summed E-state index contributed by atoms with van der Waals surface area (Å²) in [7, 11) is 2.13. The molecule has 2 aromatic rings. The molecule has 0 radical (unpaired) electrons. The molecule has 1 N–H and O–H groups in total. The molecule has 1 aromatic heterocycles. The van der Waals surface area contributed by atoms with Gasteiger partial charge in [0, 0.05) is 24.7 Å². The molecule has 1 heterocycles. The highest BCUT2D eigenvalue weighted by Gasteiger charge is 2.13. The van der Waals surface area contributed by atoms with E-state index in [1.54, 1.807) is 0 Å². The Balaban J connectivity index is 2.70. The van der Waals surface area contributed by atoms with Crippen LogP contribution in [0.25, 0.3) is 10.9 Å². The van der Waals surface area contributed by atoms with Gasteiger partial charge in [-0.3, -0.25) is 0 Å². The van der Waals surface area contributed by atoms with Gasteiger partial charge in [0.1, 0.15) is 0 Å². The summed E-state index contributed by atoms with van der Waals surface area (Å²) in [6.07, 6.45) is 1.80. The summed E-state index contributed by atoms with van der Waals surface area (Å²) >= 11 is 0. The van der Waals surface area contributed by atoms with E-state index in [0.717, 1.165) is 12.8 Å². The standard InChI is InChI=1S/C15H21NO/c1-10-8-11(2)15-14(9-10)13(6-5-7-17)12(3)16(15)4/h8-9,17H,5-7H2,1-4H3. The van der Waals surface area contributed by atoms with Crippen LogP contribution in [-0.4, -0.2) is 16.3 Å². The Kier molecular flexibility index (Phi) is 3.25. The van der Waals surface area contributed by atoms with Crippen molar-refractivity contribution < 1.29 is 5.11 Å². The summed E-state index contributed by atoms with van der Waals surface area (Å²) < 4.78 is 2.27. The molecule has 0 amide bonds. The predicted octanol–water partition coefficient (Wildman–Crippen LogP) is 3.03. The summed E-state index contributed by atoms with van der Waals surface area (Å²) in [5.41, 5.74) is 6.69. The molecule has 0 aliphatic carbocycles. The van der Waals surface area contributed by atoms with Crippen molar-refractivity contribution in [3.05, 3.63) is 34.5 Å². The van der Waals surface area contributed by atoms with E-state index in [4.69, 9.17) is 5.11 Å². The van der Waals surface area contributed by atoms with E-state index in [0.29, 0.717) is 0 Å². The molecule has 0 aliphatic rings. The lowest BCUT2D eigenvalue weighted by Gasteiger charge is -2.03. The summed E-state index contributed by atoms with van der Waals surface area (Å²) in [6.45, 7) is 6.75. The van der Waals surface area contributed by atoms with Crippen molar-refractivity contribution in [2.75, 3.05) is 6.61 Å². The maximum Gasteiger partial charge on any atom is 0.0512 e. The van der Waals surface area contributed by atoms with Gasteiger partial charge in [-0.15, -0.1) is 0 Å². The van der Waals surface area contributed by atoms with E-state index in [-0.39, 0.29) is 6.61 Å². The number of aromatic nitrogens is 1. The fourth-order valence-corrected chi connectivity index (χ4v) is 2.77. The Bertz CT molecular complexity index is 552. The van der Waals surface area contributed by atoms with E-state index < -0.39 is 0 Å². The van der Waals surface area contributed by atoms with Gasteiger partial charge in [-0.05, 0) is 50.8 Å². The van der Waals surface area contributed by atoms with Crippen LogP contribution in [0, 0.1) is 20.8 Å². The molecule has 0 saturated carbocycles. The van der Waals surface area contributed by atoms with E-state index in [9.17, 15) is 0 Å². The average molecular weight is 231 g/mol. The van der Waals surface area contributed by atoms with Crippen molar-refractivity contribution in [3.8, 4) is 0 Å². The van der Waals surface area contributed by atoms with E-state index >= 15 is 0 Å². The number of hydrogen-bond acceptors (Lipinski definition) is 1. The second kappa shape index (κ2) is 4.53. The topological polar surface area (TPSA) is 25.2 Å². The van der Waals surface area contributed by atoms with Crippen LogP contribution in [0.5, 0.6) is 0 Å². The zero-order chi connectivity index (χ0) is 12.6. The summed E-state index contributed by atoms with van der Waals surface area (Å²) in [5, 5.41) is 10.4. The van der Waals surface area contributed by atoms with Crippen molar-refractivity contribution in [1.82, 2.24) is 4.57 Å². The van der Waals surface area contributed by atoms with Crippen LogP contribution in [0.4, 0.5) is 0 Å². The third kappa shape index (κ3) is 1.98. The van der Waals surface area contributed by atoms with Crippen molar-refractivity contribution in [1.29, 1.82) is 0 Å². The van der Waals surface area contributed by atoms with Crippen molar-refractivity contribution in [2.24, 2.45) is 7.05 Å². The number of aryl methyl sites for hydroxylation is 4. The zero-order valence-corrected chi connectivity index (χ0v) is 11.2. The first-order chi connectivity index (χ1) is 8.06. The molecule has 2 rings (SSSR count). The number of hydrogen-bond donors (Lipinski definition) is 1. The molecule has 0 saturated heterocycles.